The number of allylic oxidation sites excluding steroid dienone is 2. The van der Waals surface area contributed by atoms with Crippen molar-refractivity contribution in [3.05, 3.63) is 52.1 Å². The minimum atomic E-state index is -1.14. The van der Waals surface area contributed by atoms with E-state index in [0.717, 1.165) is 17.4 Å². The van der Waals surface area contributed by atoms with Crippen molar-refractivity contribution in [3.63, 3.8) is 0 Å². The van der Waals surface area contributed by atoms with Crippen LogP contribution in [0.1, 0.15) is 23.7 Å². The van der Waals surface area contributed by atoms with E-state index >= 15 is 0 Å². The number of nitrogens with zero attached hydrogens (tertiary/aromatic N) is 2. The summed E-state index contributed by atoms with van der Waals surface area (Å²) in [6.45, 7) is 0.757. The molecule has 2 bridgehead atoms. The molecule has 2 aliphatic carbocycles. The number of ether oxygens (including phenoxy) is 1. The first kappa shape index (κ1) is 19.0. The molecule has 5 atom stereocenters. The number of amides is 2. The standard InChI is InChI=1S/C20H18N2O7/c1-10(21-18(24)16-12-5-6-13(7-12)17(16)19(21)25)20(26)29-9-15(23)11-3-2-4-14(8-11)22(27)28/h2-6,8,10,12-13,16-17H,7,9H2,1H3/t10-,12+,13+,16+,17+/m1/s1. The first-order chi connectivity index (χ1) is 13.8. The SMILES string of the molecule is C[C@H](C(=O)OCC(=O)c1cccc([N+](=O)[O-])c1)N1C(=O)[C@@H]2[C@@H](C1=O)[C@H]1C=C[C@H]2C1. The summed E-state index contributed by atoms with van der Waals surface area (Å²) in [4.78, 5) is 61.2. The Morgan fingerprint density at radius 2 is 1.83 bits per heavy atom. The smallest absolute Gasteiger partial charge is 0.329 e. The Morgan fingerprint density at radius 3 is 2.41 bits per heavy atom. The minimum absolute atomic E-state index is 0.0325. The molecule has 1 saturated carbocycles. The molecular weight excluding hydrogens is 380 g/mol. The number of non-ortho nitro benzene ring substituents is 1. The quantitative estimate of drug-likeness (QED) is 0.178. The Kier molecular flexibility index (Phi) is 4.52. The molecule has 0 N–H and O–H groups in total. The number of imide groups is 1. The van der Waals surface area contributed by atoms with Gasteiger partial charge < -0.3 is 4.74 Å². The van der Waals surface area contributed by atoms with E-state index in [2.05, 4.69) is 0 Å². The lowest BCUT2D eigenvalue weighted by molar-refractivity contribution is -0.384. The average Bonchev–Trinajstić information content (AvgIpc) is 3.39. The van der Waals surface area contributed by atoms with Crippen LogP contribution in [0.5, 0.6) is 0 Å². The van der Waals surface area contributed by atoms with Gasteiger partial charge in [0, 0.05) is 17.7 Å². The highest BCUT2D eigenvalue weighted by Gasteiger charge is 2.60. The summed E-state index contributed by atoms with van der Waals surface area (Å²) < 4.78 is 5.00. The average molecular weight is 398 g/mol. The molecule has 150 valence electrons. The van der Waals surface area contributed by atoms with E-state index in [1.165, 1.54) is 25.1 Å². The molecule has 0 aromatic heterocycles. The second kappa shape index (κ2) is 6.91. The Bertz CT molecular complexity index is 939. The molecule has 3 aliphatic rings. The van der Waals surface area contributed by atoms with E-state index in [9.17, 15) is 29.3 Å². The summed E-state index contributed by atoms with van der Waals surface area (Å²) in [7, 11) is 0. The number of likely N-dealkylation sites (tertiary alicyclic amines) is 1. The summed E-state index contributed by atoms with van der Waals surface area (Å²) >= 11 is 0. The lowest BCUT2D eigenvalue weighted by Crippen LogP contribution is -2.45. The summed E-state index contributed by atoms with van der Waals surface area (Å²) in [5.41, 5.74) is -0.219. The Labute approximate surface area is 165 Å². The van der Waals surface area contributed by atoms with E-state index < -0.39 is 41.2 Å². The summed E-state index contributed by atoms with van der Waals surface area (Å²) in [5, 5.41) is 10.8. The molecule has 0 spiro atoms. The summed E-state index contributed by atoms with van der Waals surface area (Å²) in [5.74, 6) is -3.00. The number of nitro groups is 1. The molecular formula is C20H18N2O7. The van der Waals surface area contributed by atoms with Crippen LogP contribution < -0.4 is 0 Å². The molecule has 1 aromatic rings. The normalized spacial score (nSPS) is 27.8. The Morgan fingerprint density at radius 1 is 1.21 bits per heavy atom. The van der Waals surface area contributed by atoms with Crippen LogP contribution in [-0.4, -0.2) is 46.0 Å². The van der Waals surface area contributed by atoms with Gasteiger partial charge in [0.1, 0.15) is 6.04 Å². The van der Waals surface area contributed by atoms with Crippen molar-refractivity contribution in [3.8, 4) is 0 Å². The molecule has 29 heavy (non-hydrogen) atoms. The Balaban J connectivity index is 1.40. The topological polar surface area (TPSA) is 124 Å². The van der Waals surface area contributed by atoms with Gasteiger partial charge in [-0.15, -0.1) is 0 Å². The lowest BCUT2D eigenvalue weighted by atomic mass is 9.85. The fourth-order valence-electron chi connectivity index (χ4n) is 4.55. The maximum absolute atomic E-state index is 12.7. The number of ketones is 1. The van der Waals surface area contributed by atoms with Crippen LogP contribution in [0.15, 0.2) is 36.4 Å². The fraction of sp³-hybridized carbons (Fsp3) is 0.400. The highest BCUT2D eigenvalue weighted by molar-refractivity contribution is 6.09. The van der Waals surface area contributed by atoms with Gasteiger partial charge in [0.2, 0.25) is 17.6 Å². The van der Waals surface area contributed by atoms with Gasteiger partial charge in [-0.05, 0) is 25.2 Å². The number of nitro benzene ring substituents is 1. The lowest BCUT2D eigenvalue weighted by Gasteiger charge is -2.23. The number of carbonyl (C=O) groups is 4. The molecule has 1 aromatic carbocycles. The second-order valence-corrected chi connectivity index (χ2v) is 7.56. The van der Waals surface area contributed by atoms with Gasteiger partial charge in [-0.1, -0.05) is 24.3 Å². The number of carbonyl (C=O) groups excluding carboxylic acids is 4. The third-order valence-electron chi connectivity index (χ3n) is 5.96. The van der Waals surface area contributed by atoms with Crippen molar-refractivity contribution in [1.82, 2.24) is 4.90 Å². The molecule has 0 radical (unpaired) electrons. The van der Waals surface area contributed by atoms with Gasteiger partial charge in [0.15, 0.2) is 6.61 Å². The van der Waals surface area contributed by atoms with Crippen LogP contribution in [0.4, 0.5) is 5.69 Å². The van der Waals surface area contributed by atoms with E-state index in [1.807, 2.05) is 12.2 Å². The predicted octanol–water partition coefficient (Wildman–Crippen LogP) is 1.52. The number of fused-ring (bicyclic) bond motifs is 5. The van der Waals surface area contributed by atoms with Crippen molar-refractivity contribution in [2.45, 2.75) is 19.4 Å². The van der Waals surface area contributed by atoms with Crippen LogP contribution in [0.3, 0.4) is 0 Å². The van der Waals surface area contributed by atoms with Gasteiger partial charge in [-0.25, -0.2) is 4.79 Å². The first-order valence-electron chi connectivity index (χ1n) is 9.29. The largest absolute Gasteiger partial charge is 0.456 e. The minimum Gasteiger partial charge on any atom is -0.456 e. The zero-order chi connectivity index (χ0) is 20.9. The summed E-state index contributed by atoms with van der Waals surface area (Å²) in [6.07, 6.45) is 4.71. The van der Waals surface area contributed by atoms with Crippen LogP contribution in [0.2, 0.25) is 0 Å². The maximum Gasteiger partial charge on any atom is 0.329 e. The van der Waals surface area contributed by atoms with Crippen LogP contribution in [0, 0.1) is 33.8 Å². The molecule has 9 heteroatoms. The maximum atomic E-state index is 12.7. The molecule has 9 nitrogen and oxygen atoms in total. The number of benzene rings is 1. The van der Waals surface area contributed by atoms with Gasteiger partial charge in [-0.2, -0.15) is 0 Å². The molecule has 2 amide bonds. The number of esters is 1. The van der Waals surface area contributed by atoms with Crippen molar-refractivity contribution < 1.29 is 28.8 Å². The molecule has 1 heterocycles. The number of rotatable bonds is 6. The van der Waals surface area contributed by atoms with Gasteiger partial charge in [0.25, 0.3) is 5.69 Å². The number of hydrogen-bond donors (Lipinski definition) is 0. The fourth-order valence-corrected chi connectivity index (χ4v) is 4.55. The third-order valence-corrected chi connectivity index (χ3v) is 5.96. The van der Waals surface area contributed by atoms with Crippen LogP contribution in [-0.2, 0) is 19.1 Å². The van der Waals surface area contributed by atoms with E-state index in [1.54, 1.807) is 0 Å². The highest BCUT2D eigenvalue weighted by Crippen LogP contribution is 2.52. The Hall–Kier alpha value is -3.36. The van der Waals surface area contributed by atoms with Gasteiger partial charge in [0.05, 0.1) is 16.8 Å². The first-order valence-corrected chi connectivity index (χ1v) is 9.29. The predicted molar refractivity (Wildman–Crippen MR) is 97.4 cm³/mol. The van der Waals surface area contributed by atoms with E-state index in [0.29, 0.717) is 0 Å². The molecule has 1 saturated heterocycles. The van der Waals surface area contributed by atoms with Crippen molar-refractivity contribution >= 4 is 29.3 Å². The summed E-state index contributed by atoms with van der Waals surface area (Å²) in [6, 6.07) is 3.94. The van der Waals surface area contributed by atoms with Gasteiger partial charge in [-0.3, -0.25) is 29.4 Å². The van der Waals surface area contributed by atoms with Crippen molar-refractivity contribution in [2.75, 3.05) is 6.61 Å². The van der Waals surface area contributed by atoms with Crippen LogP contribution >= 0.6 is 0 Å². The highest BCUT2D eigenvalue weighted by atomic mass is 16.6. The van der Waals surface area contributed by atoms with Crippen LogP contribution in [0.25, 0.3) is 0 Å². The van der Waals surface area contributed by atoms with Gasteiger partial charge >= 0.3 is 5.97 Å². The monoisotopic (exact) mass is 398 g/mol. The third kappa shape index (κ3) is 3.02. The molecule has 2 fully saturated rings. The van der Waals surface area contributed by atoms with E-state index in [-0.39, 0.29) is 34.9 Å². The molecule has 1 aliphatic heterocycles. The van der Waals surface area contributed by atoms with E-state index in [4.69, 9.17) is 4.74 Å². The zero-order valence-corrected chi connectivity index (χ0v) is 15.5. The zero-order valence-electron chi connectivity index (χ0n) is 15.5. The number of Topliss-reactive ketones (excluding diaryl/α,β-unsaturated/α-hetero) is 1. The second-order valence-electron chi connectivity index (χ2n) is 7.56. The molecule has 0 unspecified atom stereocenters. The molecule has 4 rings (SSSR count). The van der Waals surface area contributed by atoms with Crippen molar-refractivity contribution in [2.24, 2.45) is 23.7 Å². The van der Waals surface area contributed by atoms with Crippen molar-refractivity contribution in [1.29, 1.82) is 0 Å². The number of hydrogen-bond acceptors (Lipinski definition) is 7.